The van der Waals surface area contributed by atoms with Crippen LogP contribution in [0.2, 0.25) is 0 Å². The van der Waals surface area contributed by atoms with E-state index in [2.05, 4.69) is 34.5 Å². The number of hydrogen-bond acceptors (Lipinski definition) is 4. The molecule has 0 aromatic rings. The molecule has 2 aliphatic rings. The number of piperazine rings is 1. The van der Waals surface area contributed by atoms with Gasteiger partial charge < -0.3 is 20.4 Å². The molecule has 2 rings (SSSR count). The van der Waals surface area contributed by atoms with Crippen LogP contribution in [0.4, 0.5) is 0 Å². The van der Waals surface area contributed by atoms with Crippen molar-refractivity contribution in [3.8, 4) is 0 Å². The fraction of sp³-hybridized carbons (Fsp3) is 1.00. The maximum atomic E-state index is 3.61. The molecule has 18 heavy (non-hydrogen) atoms. The Balaban J connectivity index is 1.46. The van der Waals surface area contributed by atoms with Gasteiger partial charge in [0.1, 0.15) is 0 Å². The summed E-state index contributed by atoms with van der Waals surface area (Å²) in [7, 11) is 4.45. The van der Waals surface area contributed by atoms with E-state index in [0.717, 1.165) is 19.0 Å². The van der Waals surface area contributed by atoms with Gasteiger partial charge in [-0.15, -0.1) is 0 Å². The third kappa shape index (κ3) is 4.84. The van der Waals surface area contributed by atoms with Crippen molar-refractivity contribution < 1.29 is 0 Å². The summed E-state index contributed by atoms with van der Waals surface area (Å²) in [5.41, 5.74) is 0. The van der Waals surface area contributed by atoms with Gasteiger partial charge in [-0.2, -0.15) is 0 Å². The lowest BCUT2D eigenvalue weighted by Crippen LogP contribution is -2.49. The average molecular weight is 254 g/mol. The number of likely N-dealkylation sites (tertiary alicyclic amines) is 1. The Labute approximate surface area is 112 Å². The van der Waals surface area contributed by atoms with E-state index in [0.29, 0.717) is 6.04 Å². The molecule has 4 heteroatoms. The first-order chi connectivity index (χ1) is 8.74. The van der Waals surface area contributed by atoms with Gasteiger partial charge in [-0.05, 0) is 58.9 Å². The van der Waals surface area contributed by atoms with Crippen molar-refractivity contribution in [3.63, 3.8) is 0 Å². The van der Waals surface area contributed by atoms with Gasteiger partial charge in [-0.1, -0.05) is 0 Å². The first-order valence-electron chi connectivity index (χ1n) is 7.55. The minimum Gasteiger partial charge on any atom is -0.317 e. The molecule has 0 spiro atoms. The molecule has 106 valence electrons. The van der Waals surface area contributed by atoms with E-state index in [1.165, 1.54) is 52.0 Å². The van der Waals surface area contributed by atoms with Gasteiger partial charge in [0.25, 0.3) is 0 Å². The molecule has 0 aromatic carbocycles. The molecule has 2 saturated heterocycles. The maximum absolute atomic E-state index is 3.61. The van der Waals surface area contributed by atoms with Crippen molar-refractivity contribution >= 4 is 0 Å². The van der Waals surface area contributed by atoms with Crippen LogP contribution in [-0.4, -0.2) is 75.8 Å². The van der Waals surface area contributed by atoms with E-state index in [1.807, 2.05) is 0 Å². The van der Waals surface area contributed by atoms with Gasteiger partial charge in [0.2, 0.25) is 0 Å². The standard InChI is InChI=1S/C14H30N4/c1-17-9-5-13(11-17)3-6-15-7-4-14-12-18(2)10-8-16-14/h13-16H,3-12H2,1-2H3. The van der Waals surface area contributed by atoms with Gasteiger partial charge in [-0.25, -0.2) is 0 Å². The maximum Gasteiger partial charge on any atom is 0.0207 e. The van der Waals surface area contributed by atoms with Crippen LogP contribution in [0.5, 0.6) is 0 Å². The zero-order chi connectivity index (χ0) is 12.8. The molecular weight excluding hydrogens is 224 g/mol. The molecule has 0 aliphatic carbocycles. The lowest BCUT2D eigenvalue weighted by atomic mass is 10.1. The number of hydrogen-bond donors (Lipinski definition) is 2. The molecular formula is C14H30N4. The van der Waals surface area contributed by atoms with Crippen LogP contribution >= 0.6 is 0 Å². The Bertz CT molecular complexity index is 234. The second kappa shape index (κ2) is 7.43. The van der Waals surface area contributed by atoms with Gasteiger partial charge in [-0.3, -0.25) is 0 Å². The van der Waals surface area contributed by atoms with E-state index >= 15 is 0 Å². The zero-order valence-corrected chi connectivity index (χ0v) is 12.1. The third-order valence-electron chi connectivity index (χ3n) is 4.35. The Kier molecular flexibility index (Phi) is 5.89. The third-order valence-corrected chi connectivity index (χ3v) is 4.35. The summed E-state index contributed by atoms with van der Waals surface area (Å²) in [6.07, 6.45) is 4.00. The Morgan fingerprint density at radius 1 is 1.06 bits per heavy atom. The number of rotatable bonds is 6. The molecule has 2 N–H and O–H groups in total. The quantitative estimate of drug-likeness (QED) is 0.664. The molecule has 2 fully saturated rings. The predicted molar refractivity (Wildman–Crippen MR) is 77.0 cm³/mol. The van der Waals surface area contributed by atoms with Crippen molar-refractivity contribution in [1.82, 2.24) is 20.4 Å². The van der Waals surface area contributed by atoms with Crippen molar-refractivity contribution in [2.45, 2.75) is 25.3 Å². The van der Waals surface area contributed by atoms with E-state index in [1.54, 1.807) is 0 Å². The van der Waals surface area contributed by atoms with E-state index in [-0.39, 0.29) is 0 Å². The van der Waals surface area contributed by atoms with Crippen LogP contribution in [0.1, 0.15) is 19.3 Å². The topological polar surface area (TPSA) is 30.5 Å². The predicted octanol–water partition coefficient (Wildman–Crippen LogP) is 0.212. The lowest BCUT2D eigenvalue weighted by Gasteiger charge is -2.31. The van der Waals surface area contributed by atoms with Crippen molar-refractivity contribution in [1.29, 1.82) is 0 Å². The van der Waals surface area contributed by atoms with Crippen LogP contribution in [0.25, 0.3) is 0 Å². The van der Waals surface area contributed by atoms with Crippen LogP contribution in [0.3, 0.4) is 0 Å². The molecule has 4 nitrogen and oxygen atoms in total. The number of nitrogens with one attached hydrogen (secondary N) is 2. The highest BCUT2D eigenvalue weighted by Gasteiger charge is 2.19. The summed E-state index contributed by atoms with van der Waals surface area (Å²) in [6, 6.07) is 0.689. The second-order valence-corrected chi connectivity index (χ2v) is 6.16. The smallest absolute Gasteiger partial charge is 0.0207 e. The molecule has 0 amide bonds. The summed E-state index contributed by atoms with van der Waals surface area (Å²) in [4.78, 5) is 4.88. The van der Waals surface area contributed by atoms with Crippen LogP contribution < -0.4 is 10.6 Å². The van der Waals surface area contributed by atoms with Gasteiger partial charge in [0, 0.05) is 32.2 Å². The first kappa shape index (κ1) is 14.3. The first-order valence-corrected chi connectivity index (χ1v) is 7.55. The van der Waals surface area contributed by atoms with Crippen LogP contribution in [0.15, 0.2) is 0 Å². The molecule has 2 atom stereocenters. The van der Waals surface area contributed by atoms with E-state index < -0.39 is 0 Å². The Morgan fingerprint density at radius 3 is 2.56 bits per heavy atom. The second-order valence-electron chi connectivity index (χ2n) is 6.16. The fourth-order valence-electron chi connectivity index (χ4n) is 3.15. The van der Waals surface area contributed by atoms with E-state index in [9.17, 15) is 0 Å². The minimum absolute atomic E-state index is 0.689. The molecule has 0 bridgehead atoms. The van der Waals surface area contributed by atoms with Crippen LogP contribution in [-0.2, 0) is 0 Å². The Hall–Kier alpha value is -0.160. The average Bonchev–Trinajstić information content (AvgIpc) is 2.75. The highest BCUT2D eigenvalue weighted by molar-refractivity contribution is 4.78. The van der Waals surface area contributed by atoms with Gasteiger partial charge >= 0.3 is 0 Å². The Morgan fingerprint density at radius 2 is 1.83 bits per heavy atom. The SMILES string of the molecule is CN1CCC(CCNCCC2CN(C)CCN2)C1. The summed E-state index contributed by atoms with van der Waals surface area (Å²) >= 11 is 0. The molecule has 2 heterocycles. The van der Waals surface area contributed by atoms with Crippen molar-refractivity contribution in [2.75, 3.05) is 59.9 Å². The normalized spacial score (nSPS) is 31.0. The fourth-order valence-corrected chi connectivity index (χ4v) is 3.15. The molecule has 2 aliphatic heterocycles. The monoisotopic (exact) mass is 254 g/mol. The summed E-state index contributed by atoms with van der Waals surface area (Å²) in [5.74, 6) is 0.932. The molecule has 0 aromatic heterocycles. The van der Waals surface area contributed by atoms with Gasteiger partial charge in [0.15, 0.2) is 0 Å². The molecule has 0 radical (unpaired) electrons. The number of likely N-dealkylation sites (N-methyl/N-ethyl adjacent to an activating group) is 1. The lowest BCUT2D eigenvalue weighted by molar-refractivity contribution is 0.231. The highest BCUT2D eigenvalue weighted by atomic mass is 15.2. The van der Waals surface area contributed by atoms with Crippen molar-refractivity contribution in [2.24, 2.45) is 5.92 Å². The van der Waals surface area contributed by atoms with Gasteiger partial charge in [0.05, 0.1) is 0 Å². The zero-order valence-electron chi connectivity index (χ0n) is 12.1. The molecule has 2 unspecified atom stereocenters. The largest absolute Gasteiger partial charge is 0.317 e. The molecule has 0 saturated carbocycles. The highest BCUT2D eigenvalue weighted by Crippen LogP contribution is 2.16. The summed E-state index contributed by atoms with van der Waals surface area (Å²) < 4.78 is 0. The van der Waals surface area contributed by atoms with Crippen molar-refractivity contribution in [3.05, 3.63) is 0 Å². The van der Waals surface area contributed by atoms with Crippen LogP contribution in [0, 0.1) is 5.92 Å². The number of nitrogens with zero attached hydrogens (tertiary/aromatic N) is 2. The minimum atomic E-state index is 0.689. The summed E-state index contributed by atoms with van der Waals surface area (Å²) in [5, 5.41) is 7.21. The van der Waals surface area contributed by atoms with E-state index in [4.69, 9.17) is 0 Å². The summed E-state index contributed by atoms with van der Waals surface area (Å²) in [6.45, 7) is 8.50.